The fourth-order valence-electron chi connectivity index (χ4n) is 1.62. The molecule has 0 bridgehead atoms. The summed E-state index contributed by atoms with van der Waals surface area (Å²) in [5, 5.41) is 0. The normalized spacial score (nSPS) is 10.8. The van der Waals surface area contributed by atoms with Gasteiger partial charge in [0.05, 0.1) is 11.0 Å². The summed E-state index contributed by atoms with van der Waals surface area (Å²) >= 11 is 0. The smallest absolute Gasteiger partial charge is 0.185 e. The van der Waals surface area contributed by atoms with Gasteiger partial charge in [-0.25, -0.2) is 4.98 Å². The van der Waals surface area contributed by atoms with E-state index < -0.39 is 0 Å². The molecule has 0 amide bonds. The van der Waals surface area contributed by atoms with Gasteiger partial charge in [0.2, 0.25) is 0 Å². The number of rotatable bonds is 1. The van der Waals surface area contributed by atoms with Crippen LogP contribution < -0.4 is 0 Å². The Hall–Kier alpha value is -1.64. The van der Waals surface area contributed by atoms with Gasteiger partial charge in [0.1, 0.15) is 0 Å². The molecule has 2 aromatic rings. The monoisotopic (exact) mass is 188 g/mol. The maximum Gasteiger partial charge on any atom is 0.185 e. The Morgan fingerprint density at radius 3 is 2.71 bits per heavy atom. The van der Waals surface area contributed by atoms with Crippen LogP contribution in [-0.4, -0.2) is 15.8 Å². The van der Waals surface area contributed by atoms with Crippen molar-refractivity contribution in [2.45, 2.75) is 13.8 Å². The summed E-state index contributed by atoms with van der Waals surface area (Å²) in [5.41, 5.74) is 4.28. The number of nitrogens with zero attached hydrogens (tertiary/aromatic N) is 2. The van der Waals surface area contributed by atoms with Gasteiger partial charge in [-0.3, -0.25) is 4.79 Å². The Labute approximate surface area is 82.4 Å². The van der Waals surface area contributed by atoms with Gasteiger partial charge >= 0.3 is 0 Å². The van der Waals surface area contributed by atoms with Crippen LogP contribution in [0.2, 0.25) is 0 Å². The minimum absolute atomic E-state index is 0.480. The van der Waals surface area contributed by atoms with E-state index in [4.69, 9.17) is 0 Å². The highest BCUT2D eigenvalue weighted by Gasteiger charge is 2.09. The van der Waals surface area contributed by atoms with Crippen LogP contribution in [0.1, 0.15) is 21.7 Å². The number of imidazole rings is 1. The Kier molecular flexibility index (Phi) is 1.88. The lowest BCUT2D eigenvalue weighted by Crippen LogP contribution is -1.94. The summed E-state index contributed by atoms with van der Waals surface area (Å²) in [5.74, 6) is 0.480. The van der Waals surface area contributed by atoms with Crippen molar-refractivity contribution in [3.05, 3.63) is 29.1 Å². The van der Waals surface area contributed by atoms with Crippen molar-refractivity contribution < 1.29 is 4.79 Å². The van der Waals surface area contributed by atoms with Crippen LogP contribution in [0.4, 0.5) is 0 Å². The van der Waals surface area contributed by atoms with Crippen molar-refractivity contribution in [1.29, 1.82) is 0 Å². The molecular formula is C11H12N2O. The fraction of sp³-hybridized carbons (Fsp3) is 0.273. The van der Waals surface area contributed by atoms with Gasteiger partial charge in [-0.15, -0.1) is 0 Å². The standard InChI is InChI=1S/C11H12N2O/c1-7-4-5-9-11(8(7)2)12-10(6-14)13(9)3/h4-6H,1-3H3. The van der Waals surface area contributed by atoms with Crippen molar-refractivity contribution in [3.8, 4) is 0 Å². The van der Waals surface area contributed by atoms with E-state index in [1.54, 1.807) is 0 Å². The molecule has 0 saturated heterocycles. The number of hydrogen-bond acceptors (Lipinski definition) is 2. The van der Waals surface area contributed by atoms with Crippen LogP contribution in [0.3, 0.4) is 0 Å². The summed E-state index contributed by atoms with van der Waals surface area (Å²) in [6, 6.07) is 4.05. The van der Waals surface area contributed by atoms with Gasteiger partial charge in [0.25, 0.3) is 0 Å². The first-order chi connectivity index (χ1) is 6.65. The molecule has 3 heteroatoms. The van der Waals surface area contributed by atoms with Crippen LogP contribution in [-0.2, 0) is 7.05 Å². The van der Waals surface area contributed by atoms with Gasteiger partial charge in [-0.05, 0) is 31.0 Å². The van der Waals surface area contributed by atoms with Crippen molar-refractivity contribution >= 4 is 17.3 Å². The second-order valence-electron chi connectivity index (χ2n) is 3.52. The lowest BCUT2D eigenvalue weighted by atomic mass is 10.1. The van der Waals surface area contributed by atoms with Crippen molar-refractivity contribution in [3.63, 3.8) is 0 Å². The number of aromatic nitrogens is 2. The van der Waals surface area contributed by atoms with E-state index in [0.717, 1.165) is 22.9 Å². The lowest BCUT2D eigenvalue weighted by Gasteiger charge is -2.00. The highest BCUT2D eigenvalue weighted by Crippen LogP contribution is 2.20. The molecule has 0 N–H and O–H groups in total. The molecule has 1 aromatic heterocycles. The molecule has 72 valence electrons. The number of aryl methyl sites for hydroxylation is 3. The highest BCUT2D eigenvalue weighted by atomic mass is 16.1. The quantitative estimate of drug-likeness (QED) is 0.641. The second kappa shape index (κ2) is 2.94. The zero-order valence-electron chi connectivity index (χ0n) is 8.53. The summed E-state index contributed by atoms with van der Waals surface area (Å²) < 4.78 is 1.81. The van der Waals surface area contributed by atoms with Gasteiger partial charge in [-0.2, -0.15) is 0 Å². The molecule has 0 radical (unpaired) electrons. The molecular weight excluding hydrogens is 176 g/mol. The molecule has 0 atom stereocenters. The van der Waals surface area contributed by atoms with Crippen LogP contribution in [0.5, 0.6) is 0 Å². The van der Waals surface area contributed by atoms with Crippen molar-refractivity contribution in [1.82, 2.24) is 9.55 Å². The molecule has 14 heavy (non-hydrogen) atoms. The third kappa shape index (κ3) is 1.05. The van der Waals surface area contributed by atoms with Gasteiger partial charge in [-0.1, -0.05) is 6.07 Å². The van der Waals surface area contributed by atoms with E-state index in [2.05, 4.69) is 4.98 Å². The zero-order chi connectivity index (χ0) is 10.3. The minimum atomic E-state index is 0.480. The molecule has 0 saturated carbocycles. The number of carbonyl (C=O) groups is 1. The third-order valence-electron chi connectivity index (χ3n) is 2.72. The summed E-state index contributed by atoms with van der Waals surface area (Å²) in [7, 11) is 1.86. The van der Waals surface area contributed by atoms with Crippen molar-refractivity contribution in [2.24, 2.45) is 7.05 Å². The summed E-state index contributed by atoms with van der Waals surface area (Å²) in [6.07, 6.45) is 0.786. The zero-order valence-corrected chi connectivity index (χ0v) is 8.53. The number of fused-ring (bicyclic) bond motifs is 1. The summed E-state index contributed by atoms with van der Waals surface area (Å²) in [4.78, 5) is 15.0. The number of carbonyl (C=O) groups excluding carboxylic acids is 1. The molecule has 0 spiro atoms. The third-order valence-corrected chi connectivity index (χ3v) is 2.72. The van der Waals surface area contributed by atoms with Crippen LogP contribution in [0.25, 0.3) is 11.0 Å². The lowest BCUT2D eigenvalue weighted by molar-refractivity contribution is 0.111. The number of aldehydes is 1. The van der Waals surface area contributed by atoms with E-state index in [9.17, 15) is 4.79 Å². The fourth-order valence-corrected chi connectivity index (χ4v) is 1.62. The molecule has 0 aliphatic heterocycles. The number of hydrogen-bond donors (Lipinski definition) is 0. The topological polar surface area (TPSA) is 34.9 Å². The molecule has 0 aliphatic rings. The second-order valence-corrected chi connectivity index (χ2v) is 3.52. The van der Waals surface area contributed by atoms with Gasteiger partial charge in [0.15, 0.2) is 12.1 Å². The van der Waals surface area contributed by atoms with E-state index >= 15 is 0 Å². The maximum absolute atomic E-state index is 10.7. The molecule has 0 unspecified atom stereocenters. The first kappa shape index (κ1) is 8.94. The van der Waals surface area contributed by atoms with E-state index in [0.29, 0.717) is 5.82 Å². The van der Waals surface area contributed by atoms with Crippen LogP contribution >= 0.6 is 0 Å². The average molecular weight is 188 g/mol. The Balaban J connectivity index is 2.91. The van der Waals surface area contributed by atoms with Crippen molar-refractivity contribution in [2.75, 3.05) is 0 Å². The number of benzene rings is 1. The largest absolute Gasteiger partial charge is 0.325 e. The first-order valence-electron chi connectivity index (χ1n) is 4.53. The molecule has 3 nitrogen and oxygen atoms in total. The molecule has 0 fully saturated rings. The predicted octanol–water partition coefficient (Wildman–Crippen LogP) is 2.00. The van der Waals surface area contributed by atoms with Gasteiger partial charge in [0, 0.05) is 7.05 Å². The highest BCUT2D eigenvalue weighted by molar-refractivity contribution is 5.85. The Morgan fingerprint density at radius 1 is 1.36 bits per heavy atom. The SMILES string of the molecule is Cc1ccc2c(nc(C=O)n2C)c1C. The molecule has 1 heterocycles. The summed E-state index contributed by atoms with van der Waals surface area (Å²) in [6.45, 7) is 4.07. The first-order valence-corrected chi connectivity index (χ1v) is 4.53. The molecule has 2 rings (SSSR count). The van der Waals surface area contributed by atoms with Crippen LogP contribution in [0.15, 0.2) is 12.1 Å². The maximum atomic E-state index is 10.7. The Bertz CT molecular complexity index is 511. The van der Waals surface area contributed by atoms with Crippen LogP contribution in [0, 0.1) is 13.8 Å². The predicted molar refractivity (Wildman–Crippen MR) is 55.6 cm³/mol. The van der Waals surface area contributed by atoms with E-state index in [1.807, 2.05) is 37.6 Å². The minimum Gasteiger partial charge on any atom is -0.325 e. The molecule has 1 aromatic carbocycles. The molecule has 0 aliphatic carbocycles. The van der Waals surface area contributed by atoms with E-state index in [-0.39, 0.29) is 0 Å². The van der Waals surface area contributed by atoms with E-state index in [1.165, 1.54) is 5.56 Å². The Morgan fingerprint density at radius 2 is 2.07 bits per heavy atom. The average Bonchev–Trinajstić information content (AvgIpc) is 2.50. The van der Waals surface area contributed by atoms with Gasteiger partial charge < -0.3 is 4.57 Å².